The molecule has 0 aliphatic carbocycles. The van der Waals surface area contributed by atoms with Crippen molar-refractivity contribution < 1.29 is 17.5 Å². The minimum atomic E-state index is -3.90. The van der Waals surface area contributed by atoms with Crippen molar-refractivity contribution in [3.05, 3.63) is 60.3 Å². The van der Waals surface area contributed by atoms with E-state index in [1.807, 2.05) is 0 Å². The zero-order valence-corrected chi connectivity index (χ0v) is 15.7. The summed E-state index contributed by atoms with van der Waals surface area (Å²) < 4.78 is 48.2. The number of halogens is 1. The molecule has 1 N–H and O–H groups in total. The first kappa shape index (κ1) is 19.0. The molecule has 9 heteroatoms. The topological polar surface area (TPSA) is 86.1 Å². The summed E-state index contributed by atoms with van der Waals surface area (Å²) in [6.45, 7) is 2.02. The van der Waals surface area contributed by atoms with Gasteiger partial charge in [-0.05, 0) is 36.8 Å². The van der Waals surface area contributed by atoms with E-state index in [4.69, 9.17) is 4.74 Å². The van der Waals surface area contributed by atoms with Crippen LogP contribution in [0.3, 0.4) is 0 Å². The molecule has 3 rings (SSSR count). The predicted octanol–water partition coefficient (Wildman–Crippen LogP) is 2.50. The highest BCUT2D eigenvalue weighted by Crippen LogP contribution is 2.23. The van der Waals surface area contributed by atoms with Gasteiger partial charge >= 0.3 is 0 Å². The summed E-state index contributed by atoms with van der Waals surface area (Å²) in [5.41, 5.74) is 2.09. The van der Waals surface area contributed by atoms with Crippen LogP contribution in [0.25, 0.3) is 11.3 Å². The Hall–Kier alpha value is -2.78. The summed E-state index contributed by atoms with van der Waals surface area (Å²) in [5, 5.41) is 4.11. The van der Waals surface area contributed by atoms with E-state index in [0.29, 0.717) is 17.9 Å². The standard InChI is InChI=1S/C18H19FN4O3S/c1-3-26-17-7-6-15(9-16(17)19)27(24,25)22-11-13-5-4-8-20-18(13)14-10-21-23(2)12-14/h4-10,12,22H,3,11H2,1-2H3. The fourth-order valence-corrected chi connectivity index (χ4v) is 3.58. The molecule has 0 saturated carbocycles. The number of hydrogen-bond donors (Lipinski definition) is 1. The van der Waals surface area contributed by atoms with Crippen LogP contribution in [0.5, 0.6) is 5.75 Å². The Morgan fingerprint density at radius 3 is 2.78 bits per heavy atom. The third-order valence-electron chi connectivity index (χ3n) is 3.84. The van der Waals surface area contributed by atoms with E-state index in [2.05, 4.69) is 14.8 Å². The van der Waals surface area contributed by atoms with E-state index in [1.165, 1.54) is 12.1 Å². The summed E-state index contributed by atoms with van der Waals surface area (Å²) in [6.07, 6.45) is 5.08. The molecule has 0 amide bonds. The molecule has 0 fully saturated rings. The largest absolute Gasteiger partial charge is 0.491 e. The van der Waals surface area contributed by atoms with Gasteiger partial charge in [-0.15, -0.1) is 0 Å². The maximum Gasteiger partial charge on any atom is 0.240 e. The lowest BCUT2D eigenvalue weighted by molar-refractivity contribution is 0.321. The third-order valence-corrected chi connectivity index (χ3v) is 5.23. The monoisotopic (exact) mass is 390 g/mol. The Morgan fingerprint density at radius 1 is 1.30 bits per heavy atom. The summed E-state index contributed by atoms with van der Waals surface area (Å²) >= 11 is 0. The average Bonchev–Trinajstić information content (AvgIpc) is 3.08. The first-order chi connectivity index (χ1) is 12.9. The first-order valence-electron chi connectivity index (χ1n) is 8.25. The minimum Gasteiger partial charge on any atom is -0.491 e. The van der Waals surface area contributed by atoms with E-state index < -0.39 is 15.8 Å². The summed E-state index contributed by atoms with van der Waals surface area (Å²) in [4.78, 5) is 4.15. The predicted molar refractivity (Wildman–Crippen MR) is 98.0 cm³/mol. The van der Waals surface area contributed by atoms with Crippen molar-refractivity contribution >= 4 is 10.0 Å². The normalized spacial score (nSPS) is 11.5. The van der Waals surface area contributed by atoms with E-state index in [1.54, 1.807) is 49.4 Å². The molecule has 0 aliphatic rings. The van der Waals surface area contributed by atoms with Crippen LogP contribution < -0.4 is 9.46 Å². The highest BCUT2D eigenvalue weighted by Gasteiger charge is 2.18. The molecular formula is C18H19FN4O3S. The molecule has 2 heterocycles. The van der Waals surface area contributed by atoms with Gasteiger partial charge in [0.15, 0.2) is 11.6 Å². The Labute approximate surface area is 156 Å². The first-order valence-corrected chi connectivity index (χ1v) is 9.74. The Balaban J connectivity index is 1.81. The second-order valence-electron chi connectivity index (χ2n) is 5.76. The summed E-state index contributed by atoms with van der Waals surface area (Å²) in [7, 11) is -2.11. The lowest BCUT2D eigenvalue weighted by Gasteiger charge is -2.11. The second-order valence-corrected chi connectivity index (χ2v) is 7.53. The van der Waals surface area contributed by atoms with E-state index >= 15 is 0 Å². The number of rotatable bonds is 7. The number of benzene rings is 1. The van der Waals surface area contributed by atoms with Crippen molar-refractivity contribution in [3.63, 3.8) is 0 Å². The van der Waals surface area contributed by atoms with Gasteiger partial charge in [-0.1, -0.05) is 6.07 Å². The lowest BCUT2D eigenvalue weighted by Crippen LogP contribution is -2.23. The molecule has 3 aromatic rings. The average molecular weight is 390 g/mol. The van der Waals surface area contributed by atoms with Gasteiger partial charge in [0.2, 0.25) is 10.0 Å². The van der Waals surface area contributed by atoms with E-state index in [0.717, 1.165) is 11.6 Å². The van der Waals surface area contributed by atoms with E-state index in [9.17, 15) is 12.8 Å². The number of ether oxygens (including phenoxy) is 1. The van der Waals surface area contributed by atoms with Crippen molar-refractivity contribution in [2.45, 2.75) is 18.4 Å². The van der Waals surface area contributed by atoms with Crippen LogP contribution in [0.15, 0.2) is 53.8 Å². The van der Waals surface area contributed by atoms with Gasteiger partial charge in [0.1, 0.15) is 0 Å². The van der Waals surface area contributed by atoms with E-state index in [-0.39, 0.29) is 17.2 Å². The zero-order valence-electron chi connectivity index (χ0n) is 14.9. The molecule has 0 unspecified atom stereocenters. The number of nitrogens with zero attached hydrogens (tertiary/aromatic N) is 3. The Bertz CT molecular complexity index is 1050. The van der Waals surface area contributed by atoms with Crippen molar-refractivity contribution in [2.24, 2.45) is 7.05 Å². The second kappa shape index (κ2) is 7.85. The highest BCUT2D eigenvalue weighted by atomic mass is 32.2. The summed E-state index contributed by atoms with van der Waals surface area (Å²) in [6, 6.07) is 7.05. The number of sulfonamides is 1. The molecule has 142 valence electrons. The van der Waals surface area contributed by atoms with Crippen LogP contribution in [-0.2, 0) is 23.6 Å². The van der Waals surface area contributed by atoms with Crippen molar-refractivity contribution in [1.82, 2.24) is 19.5 Å². The number of pyridine rings is 1. The van der Waals surface area contributed by atoms with Gasteiger partial charge in [-0.25, -0.2) is 17.5 Å². The van der Waals surface area contributed by atoms with Crippen molar-refractivity contribution in [3.8, 4) is 17.0 Å². The van der Waals surface area contributed by atoms with Crippen LogP contribution in [-0.4, -0.2) is 29.8 Å². The Kier molecular flexibility index (Phi) is 5.52. The maximum absolute atomic E-state index is 14.0. The molecule has 0 spiro atoms. The fraction of sp³-hybridized carbons (Fsp3) is 0.222. The van der Waals surface area contributed by atoms with Gasteiger partial charge in [0.25, 0.3) is 0 Å². The van der Waals surface area contributed by atoms with Gasteiger partial charge in [0, 0.05) is 31.5 Å². The molecule has 1 aromatic carbocycles. The zero-order chi connectivity index (χ0) is 19.4. The van der Waals surface area contributed by atoms with Crippen LogP contribution in [0, 0.1) is 5.82 Å². The van der Waals surface area contributed by atoms with Crippen molar-refractivity contribution in [1.29, 1.82) is 0 Å². The molecule has 0 saturated heterocycles. The molecule has 27 heavy (non-hydrogen) atoms. The molecule has 0 radical (unpaired) electrons. The van der Waals surface area contributed by atoms with Gasteiger partial charge in [-0.2, -0.15) is 5.10 Å². The van der Waals surface area contributed by atoms with Gasteiger partial charge in [0.05, 0.1) is 23.4 Å². The van der Waals surface area contributed by atoms with Crippen LogP contribution in [0.1, 0.15) is 12.5 Å². The third kappa shape index (κ3) is 4.32. The maximum atomic E-state index is 14.0. The van der Waals surface area contributed by atoms with Gasteiger partial charge < -0.3 is 4.74 Å². The quantitative estimate of drug-likeness (QED) is 0.670. The fourth-order valence-electron chi connectivity index (χ4n) is 2.56. The number of nitrogens with one attached hydrogen (secondary N) is 1. The minimum absolute atomic E-state index is 0.00916. The van der Waals surface area contributed by atoms with Crippen LogP contribution in [0.2, 0.25) is 0 Å². The SMILES string of the molecule is CCOc1ccc(S(=O)(=O)NCc2cccnc2-c2cnn(C)c2)cc1F. The highest BCUT2D eigenvalue weighted by molar-refractivity contribution is 7.89. The molecule has 0 bridgehead atoms. The number of aryl methyl sites for hydroxylation is 1. The summed E-state index contributed by atoms with van der Waals surface area (Å²) in [5.74, 6) is -0.709. The van der Waals surface area contributed by atoms with Crippen molar-refractivity contribution in [2.75, 3.05) is 6.61 Å². The number of aromatic nitrogens is 3. The molecule has 0 atom stereocenters. The van der Waals surface area contributed by atoms with Crippen LogP contribution in [0.4, 0.5) is 4.39 Å². The van der Waals surface area contributed by atoms with Crippen LogP contribution >= 0.6 is 0 Å². The Morgan fingerprint density at radius 2 is 2.11 bits per heavy atom. The lowest BCUT2D eigenvalue weighted by atomic mass is 10.1. The molecule has 7 nitrogen and oxygen atoms in total. The molecule has 0 aliphatic heterocycles. The number of hydrogen-bond acceptors (Lipinski definition) is 5. The smallest absolute Gasteiger partial charge is 0.240 e. The molecule has 2 aromatic heterocycles. The van der Waals surface area contributed by atoms with Gasteiger partial charge in [-0.3, -0.25) is 9.67 Å². The molecular weight excluding hydrogens is 371 g/mol.